The zero-order chi connectivity index (χ0) is 15.1. The molecule has 1 aromatic rings. The summed E-state index contributed by atoms with van der Waals surface area (Å²) in [6.45, 7) is 1.42. The molecule has 0 aliphatic carbocycles. The molecule has 2 N–H and O–H groups in total. The number of anilines is 1. The number of hydrogen-bond acceptors (Lipinski definition) is 4. The fourth-order valence-electron chi connectivity index (χ4n) is 2.46. The van der Waals surface area contributed by atoms with Gasteiger partial charge in [0.25, 0.3) is 0 Å². The van der Waals surface area contributed by atoms with Gasteiger partial charge in [0.2, 0.25) is 10.0 Å². The van der Waals surface area contributed by atoms with E-state index in [0.717, 1.165) is 37.1 Å². The number of sulfonamides is 1. The van der Waals surface area contributed by atoms with Crippen molar-refractivity contribution in [3.63, 3.8) is 0 Å². The highest BCUT2D eigenvalue weighted by Crippen LogP contribution is 2.24. The lowest BCUT2D eigenvalue weighted by atomic mass is 10.2. The molecular formula is C15H24N2O2S2. The van der Waals surface area contributed by atoms with E-state index in [2.05, 4.69) is 16.3 Å². The standard InChI is InChI=1S/C15H24N2O2S2/c1-20-11-5-3-2-4-9-17-21(18,19)14-6-7-15-13(12-14)8-10-16-15/h6-7,12,16-17H,2-5,8-11H2,1H3. The Hall–Kier alpha value is -0.720. The van der Waals surface area contributed by atoms with E-state index >= 15 is 0 Å². The predicted octanol–water partition coefficient (Wildman–Crippen LogP) is 2.86. The Morgan fingerprint density at radius 3 is 2.86 bits per heavy atom. The Labute approximate surface area is 132 Å². The summed E-state index contributed by atoms with van der Waals surface area (Å²) in [5, 5.41) is 3.24. The Morgan fingerprint density at radius 1 is 1.24 bits per heavy atom. The van der Waals surface area contributed by atoms with E-state index in [1.54, 1.807) is 12.1 Å². The maximum Gasteiger partial charge on any atom is 0.240 e. The SMILES string of the molecule is CSCCCCCCNS(=O)(=O)c1ccc2c(c1)CCN2. The van der Waals surface area contributed by atoms with Gasteiger partial charge in [0.05, 0.1) is 4.90 Å². The summed E-state index contributed by atoms with van der Waals surface area (Å²) in [4.78, 5) is 0.382. The van der Waals surface area contributed by atoms with Crippen LogP contribution < -0.4 is 10.0 Å². The fraction of sp³-hybridized carbons (Fsp3) is 0.600. The Bertz CT molecular complexity index is 559. The smallest absolute Gasteiger partial charge is 0.240 e. The molecule has 6 heteroatoms. The summed E-state index contributed by atoms with van der Waals surface area (Å²) < 4.78 is 27.2. The average Bonchev–Trinajstić information content (AvgIpc) is 2.93. The zero-order valence-corrected chi connectivity index (χ0v) is 14.2. The first-order valence-corrected chi connectivity index (χ1v) is 10.4. The van der Waals surface area contributed by atoms with Crippen LogP contribution in [0.3, 0.4) is 0 Å². The normalized spacial score (nSPS) is 14.0. The predicted molar refractivity (Wildman–Crippen MR) is 90.7 cm³/mol. The first-order chi connectivity index (χ1) is 10.1. The van der Waals surface area contributed by atoms with E-state index in [4.69, 9.17) is 0 Å². The highest BCUT2D eigenvalue weighted by molar-refractivity contribution is 7.98. The van der Waals surface area contributed by atoms with Crippen molar-refractivity contribution < 1.29 is 8.42 Å². The molecule has 118 valence electrons. The molecule has 1 aliphatic heterocycles. The van der Waals surface area contributed by atoms with Gasteiger partial charge < -0.3 is 5.32 Å². The van der Waals surface area contributed by atoms with Crippen LogP contribution in [0.5, 0.6) is 0 Å². The second-order valence-electron chi connectivity index (χ2n) is 5.30. The van der Waals surface area contributed by atoms with Crippen LogP contribution >= 0.6 is 11.8 Å². The molecule has 0 amide bonds. The van der Waals surface area contributed by atoms with E-state index in [0.29, 0.717) is 11.4 Å². The van der Waals surface area contributed by atoms with E-state index in [1.165, 1.54) is 18.6 Å². The molecule has 0 bridgehead atoms. The second-order valence-corrected chi connectivity index (χ2v) is 8.05. The number of hydrogen-bond donors (Lipinski definition) is 2. The van der Waals surface area contributed by atoms with Crippen LogP contribution in [-0.2, 0) is 16.4 Å². The lowest BCUT2D eigenvalue weighted by Crippen LogP contribution is -2.24. The number of fused-ring (bicyclic) bond motifs is 1. The van der Waals surface area contributed by atoms with Crippen molar-refractivity contribution in [2.24, 2.45) is 0 Å². The van der Waals surface area contributed by atoms with Gasteiger partial charge in [-0.05, 0) is 55.0 Å². The third kappa shape index (κ3) is 4.90. The van der Waals surface area contributed by atoms with Crippen LogP contribution in [0.15, 0.2) is 23.1 Å². The first-order valence-electron chi connectivity index (χ1n) is 7.49. The molecule has 1 aliphatic rings. The molecule has 21 heavy (non-hydrogen) atoms. The number of unbranched alkanes of at least 4 members (excludes halogenated alkanes) is 3. The molecule has 0 atom stereocenters. The van der Waals surface area contributed by atoms with Gasteiger partial charge in [0.1, 0.15) is 0 Å². The maximum absolute atomic E-state index is 12.2. The van der Waals surface area contributed by atoms with Crippen molar-refractivity contribution >= 4 is 27.5 Å². The molecule has 0 spiro atoms. The van der Waals surface area contributed by atoms with Gasteiger partial charge in [-0.1, -0.05) is 12.8 Å². The lowest BCUT2D eigenvalue weighted by molar-refractivity contribution is 0.574. The summed E-state index contributed by atoms with van der Waals surface area (Å²) in [6.07, 6.45) is 7.38. The van der Waals surface area contributed by atoms with Gasteiger partial charge in [-0.3, -0.25) is 0 Å². The molecular weight excluding hydrogens is 304 g/mol. The molecule has 0 radical (unpaired) electrons. The summed E-state index contributed by atoms with van der Waals surface area (Å²) >= 11 is 1.86. The van der Waals surface area contributed by atoms with Crippen LogP contribution in [0, 0.1) is 0 Å². The van der Waals surface area contributed by atoms with Gasteiger partial charge in [-0.15, -0.1) is 0 Å². The van der Waals surface area contributed by atoms with Crippen LogP contribution in [0.25, 0.3) is 0 Å². The zero-order valence-electron chi connectivity index (χ0n) is 12.5. The maximum atomic E-state index is 12.2. The van der Waals surface area contributed by atoms with E-state index in [-0.39, 0.29) is 0 Å². The summed E-state index contributed by atoms with van der Waals surface area (Å²) in [5.41, 5.74) is 2.15. The third-order valence-electron chi connectivity index (χ3n) is 3.66. The molecule has 1 aromatic carbocycles. The number of benzene rings is 1. The number of thioether (sulfide) groups is 1. The summed E-state index contributed by atoms with van der Waals surface area (Å²) in [6, 6.07) is 5.33. The van der Waals surface area contributed by atoms with Crippen LogP contribution in [-0.4, -0.2) is 33.5 Å². The van der Waals surface area contributed by atoms with Gasteiger partial charge in [0.15, 0.2) is 0 Å². The lowest BCUT2D eigenvalue weighted by Gasteiger charge is -2.08. The minimum atomic E-state index is -3.36. The quantitative estimate of drug-likeness (QED) is 0.684. The topological polar surface area (TPSA) is 58.2 Å². The largest absolute Gasteiger partial charge is 0.384 e. The van der Waals surface area contributed by atoms with E-state index < -0.39 is 10.0 Å². The average molecular weight is 329 g/mol. The van der Waals surface area contributed by atoms with Crippen LogP contribution in [0.1, 0.15) is 31.2 Å². The van der Waals surface area contributed by atoms with Gasteiger partial charge in [-0.2, -0.15) is 11.8 Å². The molecule has 4 nitrogen and oxygen atoms in total. The first kappa shape index (κ1) is 16.6. The van der Waals surface area contributed by atoms with Crippen molar-refractivity contribution in [3.8, 4) is 0 Å². The Morgan fingerprint density at radius 2 is 2.05 bits per heavy atom. The summed E-state index contributed by atoms with van der Waals surface area (Å²) in [5.74, 6) is 1.19. The highest BCUT2D eigenvalue weighted by atomic mass is 32.2. The van der Waals surface area contributed by atoms with E-state index in [1.807, 2.05) is 17.8 Å². The number of rotatable bonds is 9. The van der Waals surface area contributed by atoms with Crippen LogP contribution in [0.2, 0.25) is 0 Å². The van der Waals surface area contributed by atoms with E-state index in [9.17, 15) is 8.42 Å². The van der Waals surface area contributed by atoms with Crippen molar-refractivity contribution in [1.82, 2.24) is 4.72 Å². The van der Waals surface area contributed by atoms with Crippen molar-refractivity contribution in [2.75, 3.05) is 30.4 Å². The van der Waals surface area contributed by atoms with Gasteiger partial charge >= 0.3 is 0 Å². The second kappa shape index (κ2) is 8.06. The Balaban J connectivity index is 1.79. The van der Waals surface area contributed by atoms with Crippen molar-refractivity contribution in [3.05, 3.63) is 23.8 Å². The summed E-state index contributed by atoms with van der Waals surface area (Å²) in [7, 11) is -3.36. The monoisotopic (exact) mass is 328 g/mol. The molecule has 1 heterocycles. The minimum Gasteiger partial charge on any atom is -0.384 e. The van der Waals surface area contributed by atoms with Gasteiger partial charge in [-0.25, -0.2) is 13.1 Å². The molecule has 0 aromatic heterocycles. The molecule has 0 saturated heterocycles. The molecule has 0 fully saturated rings. The number of nitrogens with one attached hydrogen (secondary N) is 2. The fourth-order valence-corrected chi connectivity index (χ4v) is 4.08. The van der Waals surface area contributed by atoms with Crippen LogP contribution in [0.4, 0.5) is 5.69 Å². The van der Waals surface area contributed by atoms with Gasteiger partial charge in [0, 0.05) is 18.8 Å². The van der Waals surface area contributed by atoms with Crippen molar-refractivity contribution in [2.45, 2.75) is 37.0 Å². The molecule has 0 unspecified atom stereocenters. The minimum absolute atomic E-state index is 0.382. The molecule has 2 rings (SSSR count). The molecule has 0 saturated carbocycles. The third-order valence-corrected chi connectivity index (χ3v) is 5.82. The van der Waals surface area contributed by atoms with Crippen molar-refractivity contribution in [1.29, 1.82) is 0 Å². The highest BCUT2D eigenvalue weighted by Gasteiger charge is 2.17. The Kier molecular flexibility index (Phi) is 6.39.